The average Bonchev–Trinajstić information content (AvgIpc) is 2.81. The maximum Gasteiger partial charge on any atom is 0.398 e. The molecular formula is C28H56O6S. The second kappa shape index (κ2) is 23.7. The van der Waals surface area contributed by atoms with Crippen molar-refractivity contribution in [1.82, 2.24) is 0 Å². The van der Waals surface area contributed by atoms with Gasteiger partial charge in [-0.2, -0.15) is 8.42 Å². The van der Waals surface area contributed by atoms with Crippen LogP contribution < -0.4 is 0 Å². The quantitative estimate of drug-likeness (QED) is 0.0697. The van der Waals surface area contributed by atoms with E-state index in [1.54, 1.807) is 0 Å². The van der Waals surface area contributed by atoms with Crippen LogP contribution in [0.25, 0.3) is 0 Å². The molecule has 210 valence electrons. The molecule has 0 aliphatic carbocycles. The summed E-state index contributed by atoms with van der Waals surface area (Å²) in [5, 5.41) is 0. The van der Waals surface area contributed by atoms with Crippen molar-refractivity contribution < 1.29 is 26.7 Å². The molecule has 1 N–H and O–H groups in total. The van der Waals surface area contributed by atoms with Gasteiger partial charge in [0.25, 0.3) is 0 Å². The number of esters is 1. The molecular weight excluding hydrogens is 464 g/mol. The van der Waals surface area contributed by atoms with E-state index in [1.807, 2.05) is 0 Å². The van der Waals surface area contributed by atoms with Gasteiger partial charge in [-0.15, -0.1) is 0 Å². The highest BCUT2D eigenvalue weighted by molar-refractivity contribution is 7.80. The van der Waals surface area contributed by atoms with Gasteiger partial charge in [0, 0.05) is 0 Å². The minimum Gasteiger partial charge on any atom is -0.463 e. The summed E-state index contributed by atoms with van der Waals surface area (Å²) in [5.41, 5.74) is 0. The van der Waals surface area contributed by atoms with Crippen LogP contribution in [0.1, 0.15) is 156 Å². The van der Waals surface area contributed by atoms with Crippen LogP contribution >= 0.6 is 0 Å². The van der Waals surface area contributed by atoms with Crippen LogP contribution in [0, 0.1) is 5.92 Å². The molecule has 0 heterocycles. The van der Waals surface area contributed by atoms with Crippen molar-refractivity contribution in [3.8, 4) is 0 Å². The molecule has 0 aromatic heterocycles. The van der Waals surface area contributed by atoms with Crippen LogP contribution in [-0.4, -0.2) is 31.7 Å². The van der Waals surface area contributed by atoms with Crippen molar-refractivity contribution in [2.24, 2.45) is 5.92 Å². The first kappa shape index (κ1) is 34.3. The Kier molecular flexibility index (Phi) is 23.3. The molecule has 0 bridgehead atoms. The van der Waals surface area contributed by atoms with Gasteiger partial charge in [0.1, 0.15) is 0 Å². The van der Waals surface area contributed by atoms with E-state index in [-0.39, 0.29) is 12.3 Å². The topological polar surface area (TPSA) is 89.9 Å². The summed E-state index contributed by atoms with van der Waals surface area (Å²) >= 11 is 0. The maximum absolute atomic E-state index is 12.6. The van der Waals surface area contributed by atoms with Gasteiger partial charge >= 0.3 is 16.4 Å². The third-order valence-electron chi connectivity index (χ3n) is 6.71. The fourth-order valence-corrected chi connectivity index (χ4v) is 4.96. The van der Waals surface area contributed by atoms with Gasteiger partial charge in [0.05, 0.1) is 6.61 Å². The number of rotatable bonds is 26. The van der Waals surface area contributed by atoms with Gasteiger partial charge in [0.2, 0.25) is 0 Å². The van der Waals surface area contributed by atoms with Crippen molar-refractivity contribution in [3.05, 3.63) is 0 Å². The van der Waals surface area contributed by atoms with E-state index in [9.17, 15) is 13.2 Å². The predicted molar refractivity (Wildman–Crippen MR) is 145 cm³/mol. The van der Waals surface area contributed by atoms with Crippen LogP contribution in [0.3, 0.4) is 0 Å². The van der Waals surface area contributed by atoms with Gasteiger partial charge < -0.3 is 4.74 Å². The predicted octanol–water partition coefficient (Wildman–Crippen LogP) is 8.59. The standard InChI is InChI=1S/C28H56O6S/c1-4-7-10-13-15-16-18-20-23-26(22-19-17-14-11-8-5-2)25-33-28(29)27(34-35(30,31)32)24-21-12-9-6-3/h26-27H,4-25H2,1-3H3,(H,30,31,32). The van der Waals surface area contributed by atoms with Crippen molar-refractivity contribution >= 4 is 16.4 Å². The molecule has 0 aromatic rings. The lowest BCUT2D eigenvalue weighted by Crippen LogP contribution is -2.30. The summed E-state index contributed by atoms with van der Waals surface area (Å²) < 4.78 is 41.8. The Hall–Kier alpha value is -0.660. The molecule has 0 saturated carbocycles. The summed E-state index contributed by atoms with van der Waals surface area (Å²) in [5.74, 6) is -0.389. The Morgan fingerprint density at radius 3 is 1.43 bits per heavy atom. The van der Waals surface area contributed by atoms with E-state index in [0.717, 1.165) is 44.9 Å². The molecule has 2 unspecified atom stereocenters. The van der Waals surface area contributed by atoms with Crippen molar-refractivity contribution in [1.29, 1.82) is 0 Å². The van der Waals surface area contributed by atoms with Gasteiger partial charge in [-0.25, -0.2) is 8.98 Å². The molecule has 0 saturated heterocycles. The van der Waals surface area contributed by atoms with Crippen LogP contribution in [-0.2, 0) is 24.1 Å². The van der Waals surface area contributed by atoms with Gasteiger partial charge in [-0.05, 0) is 25.2 Å². The zero-order valence-corrected chi connectivity index (χ0v) is 23.9. The number of carbonyl (C=O) groups is 1. The second-order valence-electron chi connectivity index (χ2n) is 10.2. The number of hydrogen-bond acceptors (Lipinski definition) is 5. The lowest BCUT2D eigenvalue weighted by atomic mass is 9.94. The minimum absolute atomic E-state index is 0.235. The van der Waals surface area contributed by atoms with E-state index in [2.05, 4.69) is 25.0 Å². The van der Waals surface area contributed by atoms with Crippen LogP contribution in [0.15, 0.2) is 0 Å². The largest absolute Gasteiger partial charge is 0.463 e. The summed E-state index contributed by atoms with van der Waals surface area (Å²) in [6.07, 6.45) is 22.1. The van der Waals surface area contributed by atoms with Crippen molar-refractivity contribution in [3.63, 3.8) is 0 Å². The van der Waals surface area contributed by atoms with E-state index < -0.39 is 22.5 Å². The van der Waals surface area contributed by atoms with Crippen LogP contribution in [0.2, 0.25) is 0 Å². The summed E-state index contributed by atoms with van der Waals surface area (Å²) in [6.45, 7) is 6.83. The Balaban J connectivity index is 4.61. The first-order chi connectivity index (χ1) is 16.8. The SMILES string of the molecule is CCCCCCCCCCC(CCCCCCCC)COC(=O)C(CCCCCC)OS(=O)(=O)O. The molecule has 35 heavy (non-hydrogen) atoms. The molecule has 0 spiro atoms. The number of carbonyl (C=O) groups excluding carboxylic acids is 1. The molecule has 0 amide bonds. The maximum atomic E-state index is 12.6. The molecule has 0 fully saturated rings. The Morgan fingerprint density at radius 2 is 1.00 bits per heavy atom. The third-order valence-corrected chi connectivity index (χ3v) is 7.19. The first-order valence-corrected chi connectivity index (χ1v) is 16.0. The number of unbranched alkanes of at least 4 members (excludes halogenated alkanes) is 15. The summed E-state index contributed by atoms with van der Waals surface area (Å²) in [6, 6.07) is 0. The Labute approximate surface area is 217 Å². The van der Waals surface area contributed by atoms with Gasteiger partial charge in [-0.3, -0.25) is 4.55 Å². The highest BCUT2D eigenvalue weighted by Gasteiger charge is 2.27. The highest BCUT2D eigenvalue weighted by Crippen LogP contribution is 2.21. The van der Waals surface area contributed by atoms with Crippen LogP contribution in [0.4, 0.5) is 0 Å². The average molecular weight is 521 g/mol. The molecule has 0 rings (SSSR count). The smallest absolute Gasteiger partial charge is 0.398 e. The normalized spacial score (nSPS) is 13.6. The lowest BCUT2D eigenvalue weighted by molar-refractivity contribution is -0.154. The molecule has 0 aromatic carbocycles. The molecule has 2 atom stereocenters. The van der Waals surface area contributed by atoms with E-state index in [1.165, 1.54) is 77.0 Å². The number of hydrogen-bond donors (Lipinski definition) is 1. The molecule has 6 nitrogen and oxygen atoms in total. The first-order valence-electron chi connectivity index (χ1n) is 14.7. The van der Waals surface area contributed by atoms with Crippen LogP contribution in [0.5, 0.6) is 0 Å². The second-order valence-corrected chi connectivity index (χ2v) is 11.2. The zero-order valence-electron chi connectivity index (χ0n) is 23.1. The minimum atomic E-state index is -4.70. The lowest BCUT2D eigenvalue weighted by Gasteiger charge is -2.20. The summed E-state index contributed by atoms with van der Waals surface area (Å²) in [7, 11) is -4.70. The van der Waals surface area contributed by atoms with Crippen molar-refractivity contribution in [2.45, 2.75) is 162 Å². The third kappa shape index (κ3) is 23.5. The fourth-order valence-electron chi connectivity index (χ4n) is 4.49. The number of ether oxygens (including phenoxy) is 1. The Bertz CT molecular complexity index is 578. The van der Waals surface area contributed by atoms with E-state index in [0.29, 0.717) is 13.0 Å². The van der Waals surface area contributed by atoms with Crippen molar-refractivity contribution in [2.75, 3.05) is 6.61 Å². The fraction of sp³-hybridized carbons (Fsp3) is 0.964. The molecule has 0 aliphatic heterocycles. The zero-order chi connectivity index (χ0) is 26.2. The van der Waals surface area contributed by atoms with Gasteiger partial charge in [0.15, 0.2) is 6.10 Å². The highest BCUT2D eigenvalue weighted by atomic mass is 32.3. The van der Waals surface area contributed by atoms with E-state index >= 15 is 0 Å². The van der Waals surface area contributed by atoms with E-state index in [4.69, 9.17) is 9.29 Å². The molecule has 7 heteroatoms. The molecule has 0 radical (unpaired) electrons. The van der Waals surface area contributed by atoms with Gasteiger partial charge in [-0.1, -0.05) is 136 Å². The molecule has 0 aliphatic rings. The summed E-state index contributed by atoms with van der Waals surface area (Å²) in [4.78, 5) is 12.6. The Morgan fingerprint density at radius 1 is 0.629 bits per heavy atom. The monoisotopic (exact) mass is 520 g/mol.